The number of hydrogen-bond acceptors (Lipinski definition) is 3. The van der Waals surface area contributed by atoms with Crippen molar-refractivity contribution in [2.45, 2.75) is 20.0 Å². The van der Waals surface area contributed by atoms with Crippen LogP contribution in [0.1, 0.15) is 16.7 Å². The summed E-state index contributed by atoms with van der Waals surface area (Å²) in [6.07, 6.45) is 3.84. The summed E-state index contributed by atoms with van der Waals surface area (Å²) in [5, 5.41) is 7.38. The number of aryl methyl sites for hydroxylation is 1. The zero-order chi connectivity index (χ0) is 18.4. The highest BCUT2D eigenvalue weighted by molar-refractivity contribution is 5.78. The number of amides is 1. The lowest BCUT2D eigenvalue weighted by atomic mass is 10.1. The molecule has 0 bridgehead atoms. The molecule has 1 N–H and O–H groups in total. The molecule has 1 heterocycles. The number of benzene rings is 2. The van der Waals surface area contributed by atoms with Crippen molar-refractivity contribution >= 4 is 5.91 Å². The molecule has 0 atom stereocenters. The fraction of sp³-hybridized carbons (Fsp3) is 0.238. The molecule has 5 nitrogen and oxygen atoms in total. The van der Waals surface area contributed by atoms with E-state index in [1.165, 1.54) is 5.56 Å². The number of carbonyl (C=O) groups excluding carboxylic acids is 1. The van der Waals surface area contributed by atoms with Gasteiger partial charge in [-0.3, -0.25) is 9.69 Å². The summed E-state index contributed by atoms with van der Waals surface area (Å²) in [5.74, 6) is 0.0196. The van der Waals surface area contributed by atoms with Gasteiger partial charge in [-0.1, -0.05) is 42.5 Å². The van der Waals surface area contributed by atoms with Crippen molar-refractivity contribution in [3.05, 3.63) is 83.7 Å². The highest BCUT2D eigenvalue weighted by Gasteiger charge is 2.09. The molecule has 1 aromatic heterocycles. The molecule has 0 saturated heterocycles. The van der Waals surface area contributed by atoms with E-state index in [1.54, 1.807) is 0 Å². The van der Waals surface area contributed by atoms with Gasteiger partial charge in [-0.25, -0.2) is 4.68 Å². The summed E-state index contributed by atoms with van der Waals surface area (Å²) < 4.78 is 1.85. The second-order valence-electron chi connectivity index (χ2n) is 6.50. The summed E-state index contributed by atoms with van der Waals surface area (Å²) in [4.78, 5) is 14.2. The topological polar surface area (TPSA) is 50.2 Å². The van der Waals surface area contributed by atoms with Gasteiger partial charge in [0.05, 0.1) is 18.4 Å². The summed E-state index contributed by atoms with van der Waals surface area (Å²) in [6, 6.07) is 18.1. The summed E-state index contributed by atoms with van der Waals surface area (Å²) in [5.41, 5.74) is 4.43. The largest absolute Gasteiger partial charge is 0.351 e. The minimum Gasteiger partial charge on any atom is -0.351 e. The number of carbonyl (C=O) groups is 1. The maximum atomic E-state index is 12.2. The van der Waals surface area contributed by atoms with Crippen LogP contribution in [-0.2, 0) is 17.9 Å². The molecule has 0 fully saturated rings. The lowest BCUT2D eigenvalue weighted by Gasteiger charge is -2.15. The minimum absolute atomic E-state index is 0.0196. The van der Waals surface area contributed by atoms with E-state index in [-0.39, 0.29) is 5.91 Å². The van der Waals surface area contributed by atoms with E-state index in [1.807, 2.05) is 77.6 Å². The van der Waals surface area contributed by atoms with Crippen molar-refractivity contribution < 1.29 is 4.79 Å². The Labute approximate surface area is 154 Å². The normalized spacial score (nSPS) is 10.9. The predicted molar refractivity (Wildman–Crippen MR) is 103 cm³/mol. The molecule has 26 heavy (non-hydrogen) atoms. The average molecular weight is 348 g/mol. The third-order valence-corrected chi connectivity index (χ3v) is 4.26. The molecular weight excluding hydrogens is 324 g/mol. The first-order valence-corrected chi connectivity index (χ1v) is 8.70. The van der Waals surface area contributed by atoms with Gasteiger partial charge >= 0.3 is 0 Å². The Bertz CT molecular complexity index is 857. The van der Waals surface area contributed by atoms with Crippen LogP contribution in [0, 0.1) is 6.92 Å². The number of hydrogen-bond donors (Lipinski definition) is 1. The Morgan fingerprint density at radius 2 is 1.85 bits per heavy atom. The van der Waals surface area contributed by atoms with Crippen molar-refractivity contribution in [3.63, 3.8) is 0 Å². The molecule has 0 unspecified atom stereocenters. The Morgan fingerprint density at radius 3 is 2.62 bits per heavy atom. The zero-order valence-corrected chi connectivity index (χ0v) is 15.2. The van der Waals surface area contributed by atoms with E-state index < -0.39 is 0 Å². The quantitative estimate of drug-likeness (QED) is 0.714. The van der Waals surface area contributed by atoms with Crippen LogP contribution in [0.25, 0.3) is 5.69 Å². The number of rotatable bonds is 7. The van der Waals surface area contributed by atoms with Crippen molar-refractivity contribution in [3.8, 4) is 5.69 Å². The molecule has 0 spiro atoms. The second-order valence-corrected chi connectivity index (χ2v) is 6.50. The first-order chi connectivity index (χ1) is 12.6. The summed E-state index contributed by atoms with van der Waals surface area (Å²) in [7, 11) is 1.94. The van der Waals surface area contributed by atoms with Crippen LogP contribution in [-0.4, -0.2) is 34.2 Å². The standard InChI is InChI=1S/C21H24N4O/c1-17-8-6-7-9-19(17)13-22-21(26)16-24(2)14-18-12-23-25(15-18)20-10-4-3-5-11-20/h3-12,15H,13-14,16H2,1-2H3,(H,22,26). The molecular formula is C21H24N4O. The van der Waals surface area contributed by atoms with Crippen molar-refractivity contribution in [1.29, 1.82) is 0 Å². The predicted octanol–water partition coefficient (Wildman–Crippen LogP) is 2.93. The van der Waals surface area contributed by atoms with Crippen LogP contribution >= 0.6 is 0 Å². The molecule has 3 aromatic rings. The van der Waals surface area contributed by atoms with Gasteiger partial charge < -0.3 is 5.32 Å². The first-order valence-electron chi connectivity index (χ1n) is 8.70. The molecule has 0 saturated carbocycles. The number of nitrogens with one attached hydrogen (secondary N) is 1. The van der Waals surface area contributed by atoms with Gasteiger partial charge in [-0.15, -0.1) is 0 Å². The van der Waals surface area contributed by atoms with E-state index in [2.05, 4.69) is 23.4 Å². The Kier molecular flexibility index (Phi) is 5.81. The van der Waals surface area contributed by atoms with Crippen molar-refractivity contribution in [2.24, 2.45) is 0 Å². The van der Waals surface area contributed by atoms with Crippen LogP contribution in [0.15, 0.2) is 67.0 Å². The number of likely N-dealkylation sites (N-methyl/N-ethyl adjacent to an activating group) is 1. The molecule has 0 aliphatic heterocycles. The lowest BCUT2D eigenvalue weighted by molar-refractivity contribution is -0.122. The van der Waals surface area contributed by atoms with Gasteiger partial charge in [0.25, 0.3) is 0 Å². The van der Waals surface area contributed by atoms with Gasteiger partial charge in [0, 0.05) is 24.8 Å². The number of nitrogens with zero attached hydrogens (tertiary/aromatic N) is 3. The first kappa shape index (κ1) is 17.9. The van der Waals surface area contributed by atoms with Crippen molar-refractivity contribution in [2.75, 3.05) is 13.6 Å². The molecule has 0 aliphatic rings. The van der Waals surface area contributed by atoms with Gasteiger partial charge in [0.15, 0.2) is 0 Å². The van der Waals surface area contributed by atoms with Crippen LogP contribution in [0.2, 0.25) is 0 Å². The van der Waals surface area contributed by atoms with Crippen LogP contribution in [0.5, 0.6) is 0 Å². The Hall–Kier alpha value is -2.92. The number of aromatic nitrogens is 2. The van der Waals surface area contributed by atoms with E-state index in [0.717, 1.165) is 16.8 Å². The summed E-state index contributed by atoms with van der Waals surface area (Å²) >= 11 is 0. The highest BCUT2D eigenvalue weighted by atomic mass is 16.2. The van der Waals surface area contributed by atoms with Gasteiger partial charge in [0.2, 0.25) is 5.91 Å². The Morgan fingerprint density at radius 1 is 1.12 bits per heavy atom. The monoisotopic (exact) mass is 348 g/mol. The van der Waals surface area contributed by atoms with Crippen molar-refractivity contribution in [1.82, 2.24) is 20.0 Å². The SMILES string of the molecule is Cc1ccccc1CNC(=O)CN(C)Cc1cnn(-c2ccccc2)c1. The van der Waals surface area contributed by atoms with Gasteiger partial charge in [-0.05, 0) is 37.2 Å². The van der Waals surface area contributed by atoms with Gasteiger partial charge in [0.1, 0.15) is 0 Å². The zero-order valence-electron chi connectivity index (χ0n) is 15.2. The lowest BCUT2D eigenvalue weighted by Crippen LogP contribution is -2.34. The van der Waals surface area contributed by atoms with E-state index in [0.29, 0.717) is 19.6 Å². The molecule has 134 valence electrons. The molecule has 5 heteroatoms. The minimum atomic E-state index is 0.0196. The third kappa shape index (κ3) is 4.80. The molecule has 2 aromatic carbocycles. The molecule has 1 amide bonds. The fourth-order valence-corrected chi connectivity index (χ4v) is 2.83. The van der Waals surface area contributed by atoms with E-state index >= 15 is 0 Å². The van der Waals surface area contributed by atoms with E-state index in [9.17, 15) is 4.79 Å². The smallest absolute Gasteiger partial charge is 0.234 e. The van der Waals surface area contributed by atoms with Gasteiger partial charge in [-0.2, -0.15) is 5.10 Å². The van der Waals surface area contributed by atoms with E-state index in [4.69, 9.17) is 0 Å². The molecule has 0 aliphatic carbocycles. The van der Waals surface area contributed by atoms with Crippen LogP contribution in [0.3, 0.4) is 0 Å². The maximum Gasteiger partial charge on any atom is 0.234 e. The average Bonchev–Trinajstić information content (AvgIpc) is 3.10. The third-order valence-electron chi connectivity index (χ3n) is 4.26. The highest BCUT2D eigenvalue weighted by Crippen LogP contribution is 2.09. The molecule has 0 radical (unpaired) electrons. The second kappa shape index (κ2) is 8.45. The number of para-hydroxylation sites is 1. The maximum absolute atomic E-state index is 12.2. The summed E-state index contributed by atoms with van der Waals surface area (Å²) in [6.45, 7) is 3.64. The molecule has 3 rings (SSSR count). The fourth-order valence-electron chi connectivity index (χ4n) is 2.83. The van der Waals surface area contributed by atoms with Crippen LogP contribution < -0.4 is 5.32 Å². The Balaban J connectivity index is 1.49. The van der Waals surface area contributed by atoms with Crippen LogP contribution in [0.4, 0.5) is 0 Å².